The zero-order valence-electron chi connectivity index (χ0n) is 17.3. The third-order valence-corrected chi connectivity index (χ3v) is 2.36. The van der Waals surface area contributed by atoms with Crippen molar-refractivity contribution >= 4 is 0 Å². The summed E-state index contributed by atoms with van der Waals surface area (Å²) in [4.78, 5) is 0. The van der Waals surface area contributed by atoms with Crippen molar-refractivity contribution in [3.05, 3.63) is 85.6 Å². The zero-order valence-corrected chi connectivity index (χ0v) is 20.1. The van der Waals surface area contributed by atoms with Gasteiger partial charge >= 0.3 is 32.7 Å². The Balaban J connectivity index is -0.000000157. The molecule has 0 aliphatic carbocycles. The second-order valence-corrected chi connectivity index (χ2v) is 3.80. The molecule has 0 spiro atoms. The largest absolute Gasteiger partial charge is 3.00 e. The summed E-state index contributed by atoms with van der Waals surface area (Å²) in [5.74, 6) is 0. The first kappa shape index (κ1) is 32.2. The summed E-state index contributed by atoms with van der Waals surface area (Å²) in [6.07, 6.45) is 0.974. The SMILES string of the molecule is CC.CC.CC.[CH2-]CNC[CH2-].[Y+3].[c-]1ccccc1Cc1ccccc1. The van der Waals surface area contributed by atoms with Crippen LogP contribution < -0.4 is 5.32 Å². The van der Waals surface area contributed by atoms with Gasteiger partial charge in [0.2, 0.25) is 0 Å². The molecule has 2 aromatic rings. The van der Waals surface area contributed by atoms with Gasteiger partial charge in [-0.05, 0) is 12.0 Å². The topological polar surface area (TPSA) is 12.0 Å². The molecule has 0 aliphatic heterocycles. The van der Waals surface area contributed by atoms with Gasteiger partial charge in [0.15, 0.2) is 0 Å². The quantitative estimate of drug-likeness (QED) is 0.568. The molecule has 0 amide bonds. The Labute approximate surface area is 183 Å². The van der Waals surface area contributed by atoms with E-state index in [1.54, 1.807) is 0 Å². The predicted octanol–water partition coefficient (Wildman–Crippen LogP) is 6.40. The molecule has 0 aromatic heterocycles. The van der Waals surface area contributed by atoms with Crippen molar-refractivity contribution in [1.29, 1.82) is 0 Å². The number of benzene rings is 2. The minimum Gasteiger partial charge on any atom is -0.376 e. The van der Waals surface area contributed by atoms with Crippen molar-refractivity contribution in [2.75, 3.05) is 13.1 Å². The van der Waals surface area contributed by atoms with Crippen molar-refractivity contribution in [2.24, 2.45) is 0 Å². The fourth-order valence-electron chi connectivity index (χ4n) is 1.48. The van der Waals surface area contributed by atoms with Crippen molar-refractivity contribution < 1.29 is 32.7 Å². The van der Waals surface area contributed by atoms with E-state index in [-0.39, 0.29) is 32.7 Å². The van der Waals surface area contributed by atoms with E-state index in [1.807, 2.05) is 59.7 Å². The number of nitrogens with one attached hydrogen (secondary N) is 1. The molecule has 138 valence electrons. The van der Waals surface area contributed by atoms with Crippen molar-refractivity contribution in [3.63, 3.8) is 0 Å². The summed E-state index contributed by atoms with van der Waals surface area (Å²) in [6.45, 7) is 20.6. The summed E-state index contributed by atoms with van der Waals surface area (Å²) >= 11 is 0. The Hall–Kier alpha value is -0.496. The van der Waals surface area contributed by atoms with Gasteiger partial charge in [-0.15, -0.1) is 13.1 Å². The maximum atomic E-state index is 3.52. The molecule has 1 N–H and O–H groups in total. The predicted molar refractivity (Wildman–Crippen MR) is 112 cm³/mol. The van der Waals surface area contributed by atoms with E-state index in [0.717, 1.165) is 19.5 Å². The summed E-state index contributed by atoms with van der Waals surface area (Å²) in [6, 6.07) is 21.8. The van der Waals surface area contributed by atoms with Gasteiger partial charge < -0.3 is 19.2 Å². The molecule has 0 bridgehead atoms. The Morgan fingerprint density at radius 3 is 1.60 bits per heavy atom. The van der Waals surface area contributed by atoms with Gasteiger partial charge in [0.25, 0.3) is 0 Å². The van der Waals surface area contributed by atoms with E-state index in [9.17, 15) is 0 Å². The molecule has 2 heteroatoms. The molecule has 25 heavy (non-hydrogen) atoms. The van der Waals surface area contributed by atoms with E-state index >= 15 is 0 Å². The first-order chi connectivity index (χ1) is 11.9. The third-order valence-electron chi connectivity index (χ3n) is 2.36. The van der Waals surface area contributed by atoms with E-state index in [2.05, 4.69) is 61.6 Å². The van der Waals surface area contributed by atoms with Gasteiger partial charge in [-0.2, -0.15) is 35.9 Å². The van der Waals surface area contributed by atoms with Gasteiger partial charge in [-0.1, -0.05) is 71.9 Å². The van der Waals surface area contributed by atoms with Crippen LogP contribution in [0.25, 0.3) is 0 Å². The molecule has 1 nitrogen and oxygen atoms in total. The first-order valence-corrected chi connectivity index (χ1v) is 9.15. The van der Waals surface area contributed by atoms with Gasteiger partial charge in [-0.25, -0.2) is 0 Å². The van der Waals surface area contributed by atoms with Crippen LogP contribution in [0.1, 0.15) is 52.7 Å². The van der Waals surface area contributed by atoms with Crippen molar-refractivity contribution in [1.82, 2.24) is 5.32 Å². The number of hydrogen-bond acceptors (Lipinski definition) is 1. The molecule has 0 saturated carbocycles. The number of rotatable bonds is 4. The smallest absolute Gasteiger partial charge is 0.376 e. The van der Waals surface area contributed by atoms with Crippen molar-refractivity contribution in [3.8, 4) is 0 Å². The summed E-state index contributed by atoms with van der Waals surface area (Å²) < 4.78 is 0. The van der Waals surface area contributed by atoms with E-state index in [0.29, 0.717) is 0 Å². The van der Waals surface area contributed by atoms with E-state index in [1.165, 1.54) is 11.1 Å². The van der Waals surface area contributed by atoms with Crippen LogP contribution in [-0.4, -0.2) is 13.1 Å². The maximum Gasteiger partial charge on any atom is 3.00 e. The van der Waals surface area contributed by atoms with E-state index in [4.69, 9.17) is 0 Å². The standard InChI is InChI=1S/C13H11.C4H9N.3C2H6.Y/c1-3-7-12(8-4-1)11-13-9-5-2-6-10-13;1-3-5-4-2;3*1-2;/h1-9H,11H2;5H,1-4H2;3*1-2H3;/q-1;-2;;;;+3. The zero-order chi connectivity index (χ0) is 19.1. The monoisotopic (exact) mass is 417 g/mol. The van der Waals surface area contributed by atoms with Crippen LogP contribution in [-0.2, 0) is 39.1 Å². The van der Waals surface area contributed by atoms with Gasteiger partial charge in [0.05, 0.1) is 0 Å². The molecule has 0 aliphatic rings. The van der Waals surface area contributed by atoms with Crippen LogP contribution in [0.3, 0.4) is 0 Å². The summed E-state index contributed by atoms with van der Waals surface area (Å²) in [5.41, 5.74) is 2.58. The average Bonchev–Trinajstić information content (AvgIpc) is 2.69. The fourth-order valence-corrected chi connectivity index (χ4v) is 1.48. The normalized spacial score (nSPS) is 7.52. The average molecular weight is 417 g/mol. The van der Waals surface area contributed by atoms with Crippen LogP contribution in [0.15, 0.2) is 54.6 Å². The Bertz CT molecular complexity index is 361. The first-order valence-electron chi connectivity index (χ1n) is 9.15. The molecule has 2 aromatic carbocycles. The summed E-state index contributed by atoms with van der Waals surface area (Å²) in [5, 5.41) is 2.89. The Morgan fingerprint density at radius 2 is 1.24 bits per heavy atom. The molecular weight excluding hydrogens is 379 g/mol. The molecule has 0 fully saturated rings. The van der Waals surface area contributed by atoms with E-state index < -0.39 is 0 Å². The van der Waals surface area contributed by atoms with Gasteiger partial charge in [0, 0.05) is 0 Å². The Morgan fingerprint density at radius 1 is 0.760 bits per heavy atom. The van der Waals surface area contributed by atoms with Crippen molar-refractivity contribution in [2.45, 2.75) is 48.0 Å². The van der Waals surface area contributed by atoms with Crippen LogP contribution in [0.2, 0.25) is 0 Å². The molecule has 0 saturated heterocycles. The van der Waals surface area contributed by atoms with Crippen LogP contribution in [0.5, 0.6) is 0 Å². The number of hydrogen-bond donors (Lipinski definition) is 1. The Kier molecular flexibility index (Phi) is 40.3. The summed E-state index contributed by atoms with van der Waals surface area (Å²) in [7, 11) is 0. The van der Waals surface area contributed by atoms with Gasteiger partial charge in [0.1, 0.15) is 0 Å². The second-order valence-electron chi connectivity index (χ2n) is 3.80. The van der Waals surface area contributed by atoms with Crippen LogP contribution in [0.4, 0.5) is 0 Å². The minimum absolute atomic E-state index is 0. The molecule has 0 unspecified atom stereocenters. The molecular formula is C23H38NY. The second kappa shape index (κ2) is 31.3. The third kappa shape index (κ3) is 23.5. The maximum absolute atomic E-state index is 3.52. The fraction of sp³-hybridized carbons (Fsp3) is 0.391. The minimum atomic E-state index is 0. The van der Waals surface area contributed by atoms with Crippen LogP contribution >= 0.6 is 0 Å². The molecule has 2 rings (SSSR count). The molecule has 0 atom stereocenters. The molecule has 0 heterocycles. The molecule has 0 radical (unpaired) electrons. The van der Waals surface area contributed by atoms with Gasteiger partial charge in [-0.3, -0.25) is 0 Å². The van der Waals surface area contributed by atoms with Crippen LogP contribution in [0, 0.1) is 19.9 Å².